The van der Waals surface area contributed by atoms with Crippen LogP contribution in [0.25, 0.3) is 0 Å². The van der Waals surface area contributed by atoms with Crippen molar-refractivity contribution in [2.45, 2.75) is 18.9 Å². The lowest BCUT2D eigenvalue weighted by molar-refractivity contribution is -0.124. The number of thioether (sulfide) groups is 1. The van der Waals surface area contributed by atoms with Crippen LogP contribution in [-0.4, -0.2) is 22.8 Å². The number of rotatable bonds is 3. The molecule has 1 aromatic carbocycles. The Balaban J connectivity index is 1.96. The third-order valence-corrected chi connectivity index (χ3v) is 3.65. The molecule has 0 aromatic heterocycles. The Morgan fingerprint density at radius 2 is 2.22 bits per heavy atom. The summed E-state index contributed by atoms with van der Waals surface area (Å²) in [6.45, 7) is 0. The van der Waals surface area contributed by atoms with Gasteiger partial charge in [-0.2, -0.15) is 0 Å². The third kappa shape index (κ3) is 3.07. The molecule has 1 N–H and O–H groups in total. The normalized spacial score (nSPS) is 19.0. The van der Waals surface area contributed by atoms with Gasteiger partial charge >= 0.3 is 0 Å². The molecule has 0 radical (unpaired) electrons. The topological polar surface area (TPSA) is 46.2 Å². The summed E-state index contributed by atoms with van der Waals surface area (Å²) < 4.78 is 26.0. The Bertz CT molecular complexity index is 493. The molecule has 6 heteroatoms. The van der Waals surface area contributed by atoms with E-state index in [0.717, 1.165) is 12.1 Å². The molecule has 0 spiro atoms. The second-order valence-corrected chi connectivity index (χ2v) is 5.09. The number of hydrogen-bond acceptors (Lipinski definition) is 3. The van der Waals surface area contributed by atoms with Gasteiger partial charge < -0.3 is 5.32 Å². The Morgan fingerprint density at radius 3 is 2.83 bits per heavy atom. The summed E-state index contributed by atoms with van der Waals surface area (Å²) in [4.78, 5) is 22.9. The predicted molar refractivity (Wildman–Crippen MR) is 64.1 cm³/mol. The summed E-state index contributed by atoms with van der Waals surface area (Å²) in [6.07, 6.45) is 0.404. The van der Waals surface area contributed by atoms with Crippen molar-refractivity contribution in [1.82, 2.24) is 5.32 Å². The number of carbonyl (C=O) groups is 2. The molecule has 18 heavy (non-hydrogen) atoms. The molecule has 0 aliphatic carbocycles. The van der Waals surface area contributed by atoms with E-state index in [0.29, 0.717) is 12.2 Å². The zero-order valence-corrected chi connectivity index (χ0v) is 10.2. The average Bonchev–Trinajstić information content (AvgIpc) is 2.69. The predicted octanol–water partition coefficient (Wildman–Crippen LogP) is 1.66. The van der Waals surface area contributed by atoms with Gasteiger partial charge in [0.05, 0.1) is 12.5 Å². The second-order valence-electron chi connectivity index (χ2n) is 3.99. The first-order chi connectivity index (χ1) is 8.56. The molecule has 1 atom stereocenters. The van der Waals surface area contributed by atoms with Gasteiger partial charge in [0, 0.05) is 11.8 Å². The first-order valence-corrected chi connectivity index (χ1v) is 6.45. The molecule has 0 bridgehead atoms. The lowest BCUT2D eigenvalue weighted by Crippen LogP contribution is -2.38. The number of hydrogen-bond donors (Lipinski definition) is 1. The van der Waals surface area contributed by atoms with Crippen LogP contribution in [0.3, 0.4) is 0 Å². The zero-order chi connectivity index (χ0) is 13.1. The minimum absolute atomic E-state index is 0.0667. The van der Waals surface area contributed by atoms with Crippen molar-refractivity contribution < 1.29 is 18.4 Å². The fourth-order valence-electron chi connectivity index (χ4n) is 1.71. The molecule has 1 amide bonds. The van der Waals surface area contributed by atoms with Gasteiger partial charge in [-0.05, 0) is 18.1 Å². The van der Waals surface area contributed by atoms with Gasteiger partial charge in [0.2, 0.25) is 11.0 Å². The molecule has 1 aliphatic heterocycles. The van der Waals surface area contributed by atoms with E-state index in [1.165, 1.54) is 17.8 Å². The lowest BCUT2D eigenvalue weighted by atomic mass is 10.1. The number of amides is 1. The van der Waals surface area contributed by atoms with E-state index < -0.39 is 23.6 Å². The molecule has 1 heterocycles. The van der Waals surface area contributed by atoms with Crippen molar-refractivity contribution in [3.05, 3.63) is 35.4 Å². The maximum atomic E-state index is 13.3. The van der Waals surface area contributed by atoms with Crippen LogP contribution >= 0.6 is 11.8 Å². The van der Waals surface area contributed by atoms with Crippen LogP contribution in [0.5, 0.6) is 0 Å². The average molecular weight is 271 g/mol. The fourth-order valence-corrected chi connectivity index (χ4v) is 2.64. The van der Waals surface area contributed by atoms with Gasteiger partial charge in [0.25, 0.3) is 0 Å². The Morgan fingerprint density at radius 1 is 1.44 bits per heavy atom. The van der Waals surface area contributed by atoms with Gasteiger partial charge in [-0.1, -0.05) is 17.8 Å². The van der Waals surface area contributed by atoms with Gasteiger partial charge in [0.15, 0.2) is 0 Å². The summed E-state index contributed by atoms with van der Waals surface area (Å²) in [5.41, 5.74) is 0.118. The molecular formula is C12H11F2NO2S. The molecule has 1 unspecified atom stereocenters. The van der Waals surface area contributed by atoms with E-state index in [2.05, 4.69) is 5.32 Å². The monoisotopic (exact) mass is 271 g/mol. The van der Waals surface area contributed by atoms with E-state index in [1.807, 2.05) is 0 Å². The summed E-state index contributed by atoms with van der Waals surface area (Å²) >= 11 is 1.18. The van der Waals surface area contributed by atoms with E-state index in [1.54, 1.807) is 0 Å². The summed E-state index contributed by atoms with van der Waals surface area (Å²) in [5.74, 6) is -1.17. The highest BCUT2D eigenvalue weighted by atomic mass is 32.2. The molecule has 1 saturated heterocycles. The van der Waals surface area contributed by atoms with Gasteiger partial charge in [-0.25, -0.2) is 8.78 Å². The maximum Gasteiger partial charge on any atom is 0.225 e. The van der Waals surface area contributed by atoms with E-state index in [-0.39, 0.29) is 17.1 Å². The molecular weight excluding hydrogens is 260 g/mol. The second kappa shape index (κ2) is 5.48. The summed E-state index contributed by atoms with van der Waals surface area (Å²) in [5, 5.41) is 2.48. The zero-order valence-electron chi connectivity index (χ0n) is 9.41. The molecule has 1 aromatic rings. The van der Waals surface area contributed by atoms with Crippen molar-refractivity contribution in [3.63, 3.8) is 0 Å². The third-order valence-electron chi connectivity index (χ3n) is 2.64. The number of halogens is 2. The van der Waals surface area contributed by atoms with Crippen LogP contribution in [0.1, 0.15) is 12.0 Å². The van der Waals surface area contributed by atoms with Crippen LogP contribution in [0.4, 0.5) is 8.78 Å². The molecule has 3 nitrogen and oxygen atoms in total. The van der Waals surface area contributed by atoms with Crippen LogP contribution in [0.15, 0.2) is 18.2 Å². The largest absolute Gasteiger partial charge is 0.345 e. The highest BCUT2D eigenvalue weighted by Gasteiger charge is 2.26. The highest BCUT2D eigenvalue weighted by molar-refractivity contribution is 8.14. The molecule has 2 rings (SSSR count). The van der Waals surface area contributed by atoms with Crippen LogP contribution in [0, 0.1) is 11.6 Å². The molecule has 1 fully saturated rings. The summed E-state index contributed by atoms with van der Waals surface area (Å²) in [6, 6.07) is 2.59. The van der Waals surface area contributed by atoms with E-state index in [9.17, 15) is 18.4 Å². The Hall–Kier alpha value is -1.43. The minimum Gasteiger partial charge on any atom is -0.345 e. The molecule has 96 valence electrons. The number of carbonyl (C=O) groups excluding carboxylic acids is 2. The number of benzene rings is 1. The Kier molecular flexibility index (Phi) is 3.96. The standard InChI is InChI=1S/C12H11F2NO2S/c13-8-2-1-7(9(14)6-8)5-11(16)15-10-3-4-18-12(10)17/h1-2,6,10H,3-5H2,(H,15,16). The van der Waals surface area contributed by atoms with Crippen LogP contribution < -0.4 is 5.32 Å². The van der Waals surface area contributed by atoms with E-state index >= 15 is 0 Å². The quantitative estimate of drug-likeness (QED) is 0.909. The smallest absolute Gasteiger partial charge is 0.225 e. The summed E-state index contributed by atoms with van der Waals surface area (Å²) in [7, 11) is 0. The van der Waals surface area contributed by atoms with Gasteiger partial charge in [-0.3, -0.25) is 9.59 Å². The number of nitrogens with one attached hydrogen (secondary N) is 1. The highest BCUT2D eigenvalue weighted by Crippen LogP contribution is 2.19. The van der Waals surface area contributed by atoms with Gasteiger partial charge in [0.1, 0.15) is 11.6 Å². The first-order valence-electron chi connectivity index (χ1n) is 5.46. The van der Waals surface area contributed by atoms with E-state index in [4.69, 9.17) is 0 Å². The fraction of sp³-hybridized carbons (Fsp3) is 0.333. The SMILES string of the molecule is O=C(Cc1ccc(F)cc1F)NC1CCSC1=O. The minimum atomic E-state index is -0.753. The van der Waals surface area contributed by atoms with Gasteiger partial charge in [-0.15, -0.1) is 0 Å². The lowest BCUT2D eigenvalue weighted by Gasteiger charge is -2.10. The first kappa shape index (κ1) is 13.0. The van der Waals surface area contributed by atoms with Crippen molar-refractivity contribution in [1.29, 1.82) is 0 Å². The van der Waals surface area contributed by atoms with Crippen molar-refractivity contribution >= 4 is 22.8 Å². The van der Waals surface area contributed by atoms with Crippen molar-refractivity contribution in [2.75, 3.05) is 5.75 Å². The van der Waals surface area contributed by atoms with Crippen LogP contribution in [-0.2, 0) is 16.0 Å². The Labute approximate surface area is 107 Å². The molecule has 1 aliphatic rings. The van der Waals surface area contributed by atoms with Crippen molar-refractivity contribution in [2.24, 2.45) is 0 Å². The van der Waals surface area contributed by atoms with Crippen molar-refractivity contribution in [3.8, 4) is 0 Å². The maximum absolute atomic E-state index is 13.3. The van der Waals surface area contributed by atoms with Crippen LogP contribution in [0.2, 0.25) is 0 Å². The molecule has 0 saturated carbocycles.